The second-order valence-corrected chi connectivity index (χ2v) is 6.73. The molecule has 0 saturated heterocycles. The third kappa shape index (κ3) is 2.87. The van der Waals surface area contributed by atoms with Gasteiger partial charge in [-0.05, 0) is 39.6 Å². The Labute approximate surface area is 140 Å². The Morgan fingerprint density at radius 3 is 2.83 bits per heavy atom. The number of hydrogen-bond donors (Lipinski definition) is 1. The second-order valence-electron chi connectivity index (χ2n) is 6.73. The van der Waals surface area contributed by atoms with E-state index < -0.39 is 0 Å². The van der Waals surface area contributed by atoms with Gasteiger partial charge in [-0.1, -0.05) is 0 Å². The highest BCUT2D eigenvalue weighted by Gasteiger charge is 2.29. The van der Waals surface area contributed by atoms with Crippen molar-refractivity contribution < 1.29 is 4.79 Å². The molecule has 1 atom stereocenters. The highest BCUT2D eigenvalue weighted by molar-refractivity contribution is 5.95. The van der Waals surface area contributed by atoms with E-state index in [2.05, 4.69) is 10.2 Å². The molecule has 0 aliphatic carbocycles. The van der Waals surface area contributed by atoms with Gasteiger partial charge in [-0.2, -0.15) is 5.10 Å². The third-order valence-electron chi connectivity index (χ3n) is 4.45. The van der Waals surface area contributed by atoms with Crippen LogP contribution in [0.3, 0.4) is 0 Å². The number of pyridine rings is 1. The van der Waals surface area contributed by atoms with Crippen molar-refractivity contribution in [1.82, 2.24) is 24.6 Å². The molecular formula is C17H23N5O2. The van der Waals surface area contributed by atoms with Crippen LogP contribution in [0.15, 0.2) is 23.3 Å². The fraction of sp³-hybridized carbons (Fsp3) is 0.471. The molecule has 1 amide bonds. The van der Waals surface area contributed by atoms with Crippen molar-refractivity contribution in [1.29, 1.82) is 0 Å². The first kappa shape index (κ1) is 16.4. The molecule has 3 heterocycles. The molecule has 1 aliphatic rings. The van der Waals surface area contributed by atoms with Crippen molar-refractivity contribution in [2.75, 3.05) is 20.6 Å². The number of hydrogen-bond acceptors (Lipinski definition) is 4. The lowest BCUT2D eigenvalue weighted by molar-refractivity contribution is 0.0746. The Bertz CT molecular complexity index is 800. The summed E-state index contributed by atoms with van der Waals surface area (Å²) >= 11 is 0. The van der Waals surface area contributed by atoms with Gasteiger partial charge in [-0.3, -0.25) is 14.7 Å². The Kier molecular flexibility index (Phi) is 4.28. The first-order valence-electron chi connectivity index (χ1n) is 8.05. The summed E-state index contributed by atoms with van der Waals surface area (Å²) in [5.74, 6) is -0.214. The van der Waals surface area contributed by atoms with E-state index in [9.17, 15) is 9.59 Å². The number of aromatic nitrogens is 3. The molecule has 2 aromatic heterocycles. The number of nitrogens with one attached hydrogen (secondary N) is 1. The molecule has 1 unspecified atom stereocenters. The molecule has 1 aliphatic heterocycles. The van der Waals surface area contributed by atoms with Crippen molar-refractivity contribution in [3.05, 3.63) is 51.2 Å². The number of H-pyrrole nitrogens is 1. The zero-order valence-corrected chi connectivity index (χ0v) is 14.5. The lowest BCUT2D eigenvalue weighted by atomic mass is 10.1. The normalized spacial score (nSPS) is 15.0. The standard InChI is InChI=1S/C17H23N5O2/c1-11-5-6-22(12(2)8-20(3)4)17(24)15(11)16(23)21-9-13-7-18-19-14(13)10-21/h5-7,12H,8-10H2,1-4H3,(H,18,19). The monoisotopic (exact) mass is 329 g/mol. The van der Waals surface area contributed by atoms with Crippen LogP contribution in [0.2, 0.25) is 0 Å². The minimum atomic E-state index is -0.219. The first-order valence-corrected chi connectivity index (χ1v) is 8.05. The van der Waals surface area contributed by atoms with E-state index in [4.69, 9.17) is 0 Å². The smallest absolute Gasteiger partial charge is 0.263 e. The maximum Gasteiger partial charge on any atom is 0.263 e. The number of aromatic amines is 1. The van der Waals surface area contributed by atoms with Crippen molar-refractivity contribution in [2.45, 2.75) is 33.0 Å². The van der Waals surface area contributed by atoms with E-state index in [1.807, 2.05) is 38.9 Å². The minimum absolute atomic E-state index is 0.00448. The molecule has 0 aromatic carbocycles. The van der Waals surface area contributed by atoms with Gasteiger partial charge in [0.1, 0.15) is 5.56 Å². The van der Waals surface area contributed by atoms with Crippen LogP contribution in [-0.2, 0) is 13.1 Å². The number of fused-ring (bicyclic) bond motifs is 1. The van der Waals surface area contributed by atoms with Gasteiger partial charge in [-0.15, -0.1) is 0 Å². The molecule has 7 nitrogen and oxygen atoms in total. The van der Waals surface area contributed by atoms with E-state index in [1.165, 1.54) is 0 Å². The van der Waals surface area contributed by atoms with Gasteiger partial charge >= 0.3 is 0 Å². The van der Waals surface area contributed by atoms with E-state index in [0.29, 0.717) is 18.7 Å². The maximum atomic E-state index is 12.9. The summed E-state index contributed by atoms with van der Waals surface area (Å²) in [4.78, 5) is 29.5. The summed E-state index contributed by atoms with van der Waals surface area (Å²) in [7, 11) is 3.93. The van der Waals surface area contributed by atoms with Gasteiger partial charge in [0.05, 0.1) is 18.4 Å². The number of amides is 1. The molecule has 0 radical (unpaired) electrons. The zero-order valence-electron chi connectivity index (χ0n) is 14.5. The maximum absolute atomic E-state index is 12.9. The predicted octanol–water partition coefficient (Wildman–Crippen LogP) is 1.16. The average molecular weight is 329 g/mol. The zero-order chi connectivity index (χ0) is 17.4. The van der Waals surface area contributed by atoms with Crippen LogP contribution in [-0.4, -0.2) is 51.1 Å². The van der Waals surface area contributed by atoms with Crippen molar-refractivity contribution >= 4 is 5.91 Å². The molecular weight excluding hydrogens is 306 g/mol. The number of rotatable bonds is 4. The van der Waals surface area contributed by atoms with Crippen LogP contribution in [0, 0.1) is 6.92 Å². The number of aryl methyl sites for hydroxylation is 1. The van der Waals surface area contributed by atoms with Crippen molar-refractivity contribution in [2.24, 2.45) is 0 Å². The third-order valence-corrected chi connectivity index (χ3v) is 4.45. The molecule has 1 N–H and O–H groups in total. The molecule has 24 heavy (non-hydrogen) atoms. The second kappa shape index (κ2) is 6.24. The fourth-order valence-electron chi connectivity index (χ4n) is 3.23. The van der Waals surface area contributed by atoms with Gasteiger partial charge in [0.15, 0.2) is 0 Å². The van der Waals surface area contributed by atoms with E-state index in [0.717, 1.165) is 17.8 Å². The van der Waals surface area contributed by atoms with Gasteiger partial charge in [0.25, 0.3) is 11.5 Å². The Hall–Kier alpha value is -2.41. The summed E-state index contributed by atoms with van der Waals surface area (Å²) in [6.45, 7) is 5.49. The molecule has 0 spiro atoms. The number of carbonyl (C=O) groups excluding carboxylic acids is 1. The summed E-state index contributed by atoms with van der Waals surface area (Å²) in [6.07, 6.45) is 3.51. The van der Waals surface area contributed by atoms with Crippen LogP contribution < -0.4 is 5.56 Å². The molecule has 0 saturated carbocycles. The Morgan fingerprint density at radius 1 is 1.42 bits per heavy atom. The largest absolute Gasteiger partial charge is 0.328 e. The molecule has 3 rings (SSSR count). The van der Waals surface area contributed by atoms with E-state index >= 15 is 0 Å². The van der Waals surface area contributed by atoms with Gasteiger partial charge in [-0.25, -0.2) is 0 Å². The molecule has 0 fully saturated rings. The first-order chi connectivity index (χ1) is 11.4. The van der Waals surface area contributed by atoms with Crippen LogP contribution in [0.4, 0.5) is 0 Å². The predicted molar refractivity (Wildman–Crippen MR) is 90.9 cm³/mol. The van der Waals surface area contributed by atoms with Crippen LogP contribution in [0.1, 0.15) is 40.1 Å². The Morgan fingerprint density at radius 2 is 2.17 bits per heavy atom. The molecule has 128 valence electrons. The lowest BCUT2D eigenvalue weighted by Gasteiger charge is -2.22. The van der Waals surface area contributed by atoms with Gasteiger partial charge < -0.3 is 14.4 Å². The summed E-state index contributed by atoms with van der Waals surface area (Å²) in [5.41, 5.74) is 2.72. The topological polar surface area (TPSA) is 74.2 Å². The summed E-state index contributed by atoms with van der Waals surface area (Å²) < 4.78 is 1.65. The average Bonchev–Trinajstić information content (AvgIpc) is 3.07. The lowest BCUT2D eigenvalue weighted by Crippen LogP contribution is -2.37. The fourth-order valence-corrected chi connectivity index (χ4v) is 3.23. The van der Waals surface area contributed by atoms with Crippen molar-refractivity contribution in [3.8, 4) is 0 Å². The van der Waals surface area contributed by atoms with E-state index in [-0.39, 0.29) is 23.1 Å². The van der Waals surface area contributed by atoms with Gasteiger partial charge in [0.2, 0.25) is 0 Å². The van der Waals surface area contributed by atoms with Crippen LogP contribution in [0.25, 0.3) is 0 Å². The van der Waals surface area contributed by atoms with Crippen LogP contribution >= 0.6 is 0 Å². The summed E-state index contributed by atoms with van der Waals surface area (Å²) in [5, 5.41) is 6.88. The molecule has 7 heteroatoms. The van der Waals surface area contributed by atoms with Gasteiger partial charge in [0, 0.05) is 30.9 Å². The molecule has 0 bridgehead atoms. The number of carbonyl (C=O) groups is 1. The highest BCUT2D eigenvalue weighted by atomic mass is 16.2. The molecule has 2 aromatic rings. The van der Waals surface area contributed by atoms with Crippen LogP contribution in [0.5, 0.6) is 0 Å². The minimum Gasteiger partial charge on any atom is -0.328 e. The SMILES string of the molecule is Cc1ccn(C(C)CN(C)C)c(=O)c1C(=O)N1Cc2cn[nH]c2C1. The summed E-state index contributed by atoms with van der Waals surface area (Å²) in [6, 6.07) is 1.84. The quantitative estimate of drug-likeness (QED) is 0.913. The number of likely N-dealkylation sites (N-methyl/N-ethyl adjacent to an activating group) is 1. The Balaban J connectivity index is 1.91. The highest BCUT2D eigenvalue weighted by Crippen LogP contribution is 2.22. The van der Waals surface area contributed by atoms with Crippen molar-refractivity contribution in [3.63, 3.8) is 0 Å². The number of nitrogens with zero attached hydrogens (tertiary/aromatic N) is 4. The van der Waals surface area contributed by atoms with E-state index in [1.54, 1.807) is 21.9 Å².